The molecule has 0 fully saturated rings. The van der Waals surface area contributed by atoms with Gasteiger partial charge in [0, 0.05) is 6.21 Å². The van der Waals surface area contributed by atoms with Crippen LogP contribution in [0, 0.1) is 6.92 Å². The minimum absolute atomic E-state index is 0.108. The summed E-state index contributed by atoms with van der Waals surface area (Å²) >= 11 is 3.36. The molecule has 0 aromatic heterocycles. The van der Waals surface area contributed by atoms with E-state index in [-0.39, 0.29) is 10.6 Å². The van der Waals surface area contributed by atoms with Gasteiger partial charge in [-0.15, -0.1) is 0 Å². The molecule has 0 aliphatic heterocycles. The van der Waals surface area contributed by atoms with Crippen LogP contribution in [0.2, 0.25) is 0 Å². The van der Waals surface area contributed by atoms with Crippen molar-refractivity contribution in [2.45, 2.75) is 11.8 Å². The molecule has 26 heavy (non-hydrogen) atoms. The molecule has 0 aliphatic carbocycles. The van der Waals surface area contributed by atoms with E-state index < -0.39 is 10.1 Å². The van der Waals surface area contributed by atoms with Gasteiger partial charge in [-0.1, -0.05) is 35.9 Å². The summed E-state index contributed by atoms with van der Waals surface area (Å²) in [5.74, 6) is 0.223. The van der Waals surface area contributed by atoms with Crippen molar-refractivity contribution in [3.8, 4) is 5.75 Å². The van der Waals surface area contributed by atoms with Gasteiger partial charge in [0.1, 0.15) is 4.90 Å². The molecule has 0 saturated heterocycles. The van der Waals surface area contributed by atoms with Crippen molar-refractivity contribution < 1.29 is 12.6 Å². The molecule has 6 heteroatoms. The Kier molecular flexibility index (Phi) is 5.54. The molecule has 0 aliphatic rings. The first kappa shape index (κ1) is 18.4. The van der Waals surface area contributed by atoms with Crippen LogP contribution in [0.5, 0.6) is 5.75 Å². The second kappa shape index (κ2) is 7.85. The quantitative estimate of drug-likeness (QED) is 0.409. The molecule has 0 heterocycles. The lowest BCUT2D eigenvalue weighted by Gasteiger charge is -2.09. The van der Waals surface area contributed by atoms with Gasteiger partial charge in [0.05, 0.1) is 10.2 Å². The van der Waals surface area contributed by atoms with Crippen LogP contribution in [-0.2, 0) is 10.1 Å². The fourth-order valence-corrected chi connectivity index (χ4v) is 3.75. The normalized spacial score (nSPS) is 11.6. The predicted octanol–water partition coefficient (Wildman–Crippen LogP) is 5.28. The van der Waals surface area contributed by atoms with Gasteiger partial charge in [-0.2, -0.15) is 8.42 Å². The maximum Gasteiger partial charge on any atom is 0.339 e. The Morgan fingerprint density at radius 1 is 0.962 bits per heavy atom. The van der Waals surface area contributed by atoms with E-state index in [2.05, 4.69) is 20.9 Å². The van der Waals surface area contributed by atoms with Crippen molar-refractivity contribution in [1.82, 2.24) is 0 Å². The third kappa shape index (κ3) is 4.59. The van der Waals surface area contributed by atoms with Gasteiger partial charge in [-0.05, 0) is 70.9 Å². The highest BCUT2D eigenvalue weighted by Crippen LogP contribution is 2.28. The molecule has 3 aromatic carbocycles. The first-order valence-electron chi connectivity index (χ1n) is 7.84. The number of halogens is 1. The lowest BCUT2D eigenvalue weighted by Crippen LogP contribution is -2.09. The summed E-state index contributed by atoms with van der Waals surface area (Å²) in [6.45, 7) is 2.02. The van der Waals surface area contributed by atoms with E-state index in [9.17, 15) is 8.42 Å². The molecule has 4 nitrogen and oxygen atoms in total. The molecule has 0 N–H and O–H groups in total. The molecule has 3 rings (SSSR count). The maximum atomic E-state index is 12.3. The Morgan fingerprint density at radius 3 is 2.31 bits per heavy atom. The second-order valence-electron chi connectivity index (χ2n) is 5.63. The number of aliphatic imine (C=N–C) groups is 1. The van der Waals surface area contributed by atoms with Crippen molar-refractivity contribution in [1.29, 1.82) is 0 Å². The van der Waals surface area contributed by atoms with Crippen LogP contribution < -0.4 is 4.18 Å². The van der Waals surface area contributed by atoms with Crippen LogP contribution >= 0.6 is 15.9 Å². The minimum Gasteiger partial charge on any atom is -0.378 e. The number of hydrogen-bond donors (Lipinski definition) is 0. The number of rotatable bonds is 5. The summed E-state index contributed by atoms with van der Waals surface area (Å²) in [5.41, 5.74) is 2.84. The highest BCUT2D eigenvalue weighted by atomic mass is 79.9. The zero-order valence-corrected chi connectivity index (χ0v) is 16.4. The molecule has 0 unspecified atom stereocenters. The predicted molar refractivity (Wildman–Crippen MR) is 107 cm³/mol. The Balaban J connectivity index is 1.78. The van der Waals surface area contributed by atoms with E-state index in [1.165, 1.54) is 17.7 Å². The molecule has 0 saturated carbocycles. The van der Waals surface area contributed by atoms with Crippen LogP contribution in [0.25, 0.3) is 0 Å². The Bertz CT molecular complexity index is 1030. The summed E-state index contributed by atoms with van der Waals surface area (Å²) in [6.07, 6.45) is 1.71. The highest BCUT2D eigenvalue weighted by Gasteiger charge is 2.17. The van der Waals surface area contributed by atoms with Gasteiger partial charge in [-0.3, -0.25) is 4.99 Å². The van der Waals surface area contributed by atoms with E-state index in [4.69, 9.17) is 4.18 Å². The first-order chi connectivity index (χ1) is 12.4. The van der Waals surface area contributed by atoms with Gasteiger partial charge in [0.25, 0.3) is 0 Å². The molecule has 0 amide bonds. The average Bonchev–Trinajstić information content (AvgIpc) is 2.64. The van der Waals surface area contributed by atoms with Gasteiger partial charge in [0.15, 0.2) is 5.75 Å². The maximum absolute atomic E-state index is 12.3. The molecule has 0 bridgehead atoms. The smallest absolute Gasteiger partial charge is 0.339 e. The first-order valence-corrected chi connectivity index (χ1v) is 10.0. The Morgan fingerprint density at radius 2 is 1.65 bits per heavy atom. The molecule has 132 valence electrons. The third-order valence-corrected chi connectivity index (χ3v) is 5.45. The summed E-state index contributed by atoms with van der Waals surface area (Å²) in [5, 5.41) is 0. The standard InChI is InChI=1S/C20H16BrNO3S/c1-15-7-10-17(11-8-15)22-14-16-9-12-20(19(21)13-16)25-26(23,24)18-5-3-2-4-6-18/h2-14H,1H3. The SMILES string of the molecule is Cc1ccc(N=Cc2ccc(OS(=O)(=O)c3ccccc3)c(Br)c2)cc1. The van der Waals surface area contributed by atoms with Crippen LogP contribution in [0.15, 0.2) is 87.2 Å². The highest BCUT2D eigenvalue weighted by molar-refractivity contribution is 9.10. The second-order valence-corrected chi connectivity index (χ2v) is 8.03. The monoisotopic (exact) mass is 429 g/mol. The van der Waals surface area contributed by atoms with E-state index in [1.54, 1.807) is 42.6 Å². The summed E-state index contributed by atoms with van der Waals surface area (Å²) in [6, 6.07) is 21.0. The Labute approximate surface area is 161 Å². The largest absolute Gasteiger partial charge is 0.378 e. The molecule has 0 atom stereocenters. The minimum atomic E-state index is -3.87. The van der Waals surface area contributed by atoms with Gasteiger partial charge in [0.2, 0.25) is 0 Å². The van der Waals surface area contributed by atoms with Gasteiger partial charge in [-0.25, -0.2) is 0 Å². The lowest BCUT2D eigenvalue weighted by molar-refractivity contribution is 0.484. The van der Waals surface area contributed by atoms with Crippen molar-refractivity contribution in [3.63, 3.8) is 0 Å². The van der Waals surface area contributed by atoms with Crippen molar-refractivity contribution in [3.05, 3.63) is 88.4 Å². The molecular formula is C20H16BrNO3S. The summed E-state index contributed by atoms with van der Waals surface area (Å²) in [4.78, 5) is 4.51. The molecule has 0 spiro atoms. The summed E-state index contributed by atoms with van der Waals surface area (Å²) in [7, 11) is -3.87. The van der Waals surface area contributed by atoms with Crippen molar-refractivity contribution in [2.24, 2.45) is 4.99 Å². The van der Waals surface area contributed by atoms with Crippen LogP contribution in [-0.4, -0.2) is 14.6 Å². The van der Waals surface area contributed by atoms with Crippen LogP contribution in [0.3, 0.4) is 0 Å². The fourth-order valence-electron chi connectivity index (χ4n) is 2.20. The van der Waals surface area contributed by atoms with Crippen LogP contribution in [0.1, 0.15) is 11.1 Å². The molecular weight excluding hydrogens is 414 g/mol. The molecule has 0 radical (unpaired) electrons. The van der Waals surface area contributed by atoms with E-state index in [0.717, 1.165) is 11.3 Å². The van der Waals surface area contributed by atoms with E-state index in [1.807, 2.05) is 31.2 Å². The van der Waals surface area contributed by atoms with Gasteiger partial charge >= 0.3 is 10.1 Å². The number of hydrogen-bond acceptors (Lipinski definition) is 4. The number of aryl methyl sites for hydroxylation is 1. The van der Waals surface area contributed by atoms with Crippen LogP contribution in [0.4, 0.5) is 5.69 Å². The Hall–Kier alpha value is -2.44. The lowest BCUT2D eigenvalue weighted by atomic mass is 10.2. The topological polar surface area (TPSA) is 55.7 Å². The van der Waals surface area contributed by atoms with Crippen molar-refractivity contribution in [2.75, 3.05) is 0 Å². The van der Waals surface area contributed by atoms with E-state index in [0.29, 0.717) is 4.47 Å². The number of nitrogens with zero attached hydrogens (tertiary/aromatic N) is 1. The van der Waals surface area contributed by atoms with Gasteiger partial charge < -0.3 is 4.18 Å². The summed E-state index contributed by atoms with van der Waals surface area (Å²) < 4.78 is 30.4. The zero-order chi connectivity index (χ0) is 18.6. The third-order valence-electron chi connectivity index (χ3n) is 3.58. The molecule has 3 aromatic rings. The average molecular weight is 430 g/mol. The van der Waals surface area contributed by atoms with E-state index >= 15 is 0 Å². The zero-order valence-electron chi connectivity index (χ0n) is 14.0. The van der Waals surface area contributed by atoms with Crippen molar-refractivity contribution >= 4 is 38.0 Å². The number of benzene rings is 3. The fraction of sp³-hybridized carbons (Fsp3) is 0.0500.